The third kappa shape index (κ3) is 4.24. The summed E-state index contributed by atoms with van der Waals surface area (Å²) >= 11 is 0. The smallest absolute Gasteiger partial charge is 0.326 e. The third-order valence-corrected chi connectivity index (χ3v) is 2.89. The van der Waals surface area contributed by atoms with E-state index < -0.39 is 12.0 Å². The number of rotatable bonds is 6. The minimum absolute atomic E-state index is 0.120. The van der Waals surface area contributed by atoms with Gasteiger partial charge in [0.1, 0.15) is 6.04 Å². The fourth-order valence-electron chi connectivity index (χ4n) is 1.83. The Kier molecular flexibility index (Phi) is 4.78. The zero-order valence-corrected chi connectivity index (χ0v) is 10.8. The van der Waals surface area contributed by atoms with Gasteiger partial charge in [0.15, 0.2) is 0 Å². The van der Waals surface area contributed by atoms with Crippen molar-refractivity contribution in [2.24, 2.45) is 11.8 Å². The fourth-order valence-corrected chi connectivity index (χ4v) is 1.83. The number of carbonyl (C=O) groups excluding carboxylic acids is 1. The molecule has 0 aromatic carbocycles. The highest BCUT2D eigenvalue weighted by molar-refractivity contribution is 5.83. The molecular weight excluding hydrogens is 220 g/mol. The molecule has 0 aromatic heterocycles. The van der Waals surface area contributed by atoms with Crippen LogP contribution >= 0.6 is 0 Å². The Balaban J connectivity index is 2.52. The SMILES string of the molecule is CCN(CC(C)C)C(=O)NC(C(=O)O)C1CC1. The average Bonchev–Trinajstić information content (AvgIpc) is 3.05. The Morgan fingerprint density at radius 2 is 2.00 bits per heavy atom. The largest absolute Gasteiger partial charge is 0.480 e. The van der Waals surface area contributed by atoms with Crippen molar-refractivity contribution < 1.29 is 14.7 Å². The lowest BCUT2D eigenvalue weighted by Crippen LogP contribution is -2.49. The molecule has 1 atom stereocenters. The van der Waals surface area contributed by atoms with E-state index in [1.165, 1.54) is 0 Å². The van der Waals surface area contributed by atoms with Crippen LogP contribution in [0.15, 0.2) is 0 Å². The van der Waals surface area contributed by atoms with Gasteiger partial charge in [-0.3, -0.25) is 0 Å². The van der Waals surface area contributed by atoms with Crippen molar-refractivity contribution in [2.75, 3.05) is 13.1 Å². The summed E-state index contributed by atoms with van der Waals surface area (Å²) in [6, 6.07) is -0.982. The number of nitrogens with one attached hydrogen (secondary N) is 1. The maximum atomic E-state index is 11.9. The highest BCUT2D eigenvalue weighted by Crippen LogP contribution is 2.32. The first-order valence-corrected chi connectivity index (χ1v) is 6.24. The lowest BCUT2D eigenvalue weighted by molar-refractivity contribution is -0.139. The van der Waals surface area contributed by atoms with E-state index >= 15 is 0 Å². The summed E-state index contributed by atoms with van der Waals surface area (Å²) in [4.78, 5) is 24.6. The van der Waals surface area contributed by atoms with Gasteiger partial charge in [0.2, 0.25) is 0 Å². The molecule has 1 aliphatic rings. The topological polar surface area (TPSA) is 69.6 Å². The van der Waals surface area contributed by atoms with E-state index in [9.17, 15) is 9.59 Å². The number of amides is 2. The van der Waals surface area contributed by atoms with Crippen LogP contribution in [0.2, 0.25) is 0 Å². The van der Waals surface area contributed by atoms with Crippen molar-refractivity contribution in [1.29, 1.82) is 0 Å². The van der Waals surface area contributed by atoms with Crippen LogP contribution in [0.1, 0.15) is 33.6 Å². The number of nitrogens with zero attached hydrogens (tertiary/aromatic N) is 1. The van der Waals surface area contributed by atoms with Gasteiger partial charge in [-0.25, -0.2) is 9.59 Å². The lowest BCUT2D eigenvalue weighted by Gasteiger charge is -2.25. The number of urea groups is 1. The summed E-state index contributed by atoms with van der Waals surface area (Å²) < 4.78 is 0. The molecule has 5 nitrogen and oxygen atoms in total. The van der Waals surface area contributed by atoms with Crippen LogP contribution in [0.3, 0.4) is 0 Å². The average molecular weight is 242 g/mol. The highest BCUT2D eigenvalue weighted by Gasteiger charge is 2.37. The van der Waals surface area contributed by atoms with Crippen LogP contribution in [0, 0.1) is 11.8 Å². The Bertz CT molecular complexity index is 287. The number of carboxylic acid groups (broad SMARTS) is 1. The van der Waals surface area contributed by atoms with Crippen molar-refractivity contribution in [3.63, 3.8) is 0 Å². The molecular formula is C12H22N2O3. The Labute approximate surface area is 102 Å². The molecule has 17 heavy (non-hydrogen) atoms. The molecule has 1 aliphatic carbocycles. The molecule has 0 spiro atoms. The normalized spacial score (nSPS) is 16.7. The second-order valence-corrected chi connectivity index (χ2v) is 5.04. The Morgan fingerprint density at radius 1 is 1.41 bits per heavy atom. The molecule has 0 bridgehead atoms. The van der Waals surface area contributed by atoms with Gasteiger partial charge in [-0.1, -0.05) is 13.8 Å². The van der Waals surface area contributed by atoms with Crippen molar-refractivity contribution >= 4 is 12.0 Å². The zero-order chi connectivity index (χ0) is 13.0. The van der Waals surface area contributed by atoms with Crippen LogP contribution in [0.25, 0.3) is 0 Å². The predicted octanol–water partition coefficient (Wildman–Crippen LogP) is 1.54. The van der Waals surface area contributed by atoms with Gasteiger partial charge < -0.3 is 15.3 Å². The maximum absolute atomic E-state index is 11.9. The molecule has 0 radical (unpaired) electrons. The molecule has 1 rings (SSSR count). The lowest BCUT2D eigenvalue weighted by atomic mass is 10.2. The molecule has 1 unspecified atom stereocenters. The summed E-state index contributed by atoms with van der Waals surface area (Å²) in [5.74, 6) is -0.430. The van der Waals surface area contributed by atoms with Gasteiger partial charge in [-0.15, -0.1) is 0 Å². The van der Waals surface area contributed by atoms with Crippen LogP contribution in [-0.2, 0) is 4.79 Å². The minimum atomic E-state index is -0.929. The van der Waals surface area contributed by atoms with Crippen LogP contribution in [-0.4, -0.2) is 41.1 Å². The van der Waals surface area contributed by atoms with Crippen LogP contribution in [0.4, 0.5) is 4.79 Å². The monoisotopic (exact) mass is 242 g/mol. The fraction of sp³-hybridized carbons (Fsp3) is 0.833. The van der Waals surface area contributed by atoms with Gasteiger partial charge in [0.25, 0.3) is 0 Å². The number of hydrogen-bond donors (Lipinski definition) is 2. The second-order valence-electron chi connectivity index (χ2n) is 5.04. The standard InChI is InChI=1S/C12H22N2O3/c1-4-14(7-8(2)3)12(17)13-10(11(15)16)9-5-6-9/h8-10H,4-7H2,1-3H3,(H,13,17)(H,15,16). The van der Waals surface area contributed by atoms with E-state index in [0.717, 1.165) is 12.8 Å². The molecule has 5 heteroatoms. The number of hydrogen-bond acceptors (Lipinski definition) is 2. The molecule has 98 valence electrons. The van der Waals surface area contributed by atoms with Crippen molar-refractivity contribution in [3.05, 3.63) is 0 Å². The van der Waals surface area contributed by atoms with E-state index in [1.54, 1.807) is 4.90 Å². The summed E-state index contributed by atoms with van der Waals surface area (Å²) in [5, 5.41) is 11.7. The van der Waals surface area contributed by atoms with Gasteiger partial charge in [0.05, 0.1) is 0 Å². The molecule has 0 aliphatic heterocycles. The summed E-state index contributed by atoms with van der Waals surface area (Å²) in [5.41, 5.74) is 0. The first kappa shape index (κ1) is 13.8. The van der Waals surface area contributed by atoms with Crippen molar-refractivity contribution in [1.82, 2.24) is 10.2 Å². The zero-order valence-electron chi connectivity index (χ0n) is 10.8. The van der Waals surface area contributed by atoms with E-state index in [1.807, 2.05) is 20.8 Å². The van der Waals surface area contributed by atoms with Gasteiger partial charge in [-0.05, 0) is 31.6 Å². The quantitative estimate of drug-likeness (QED) is 0.742. The van der Waals surface area contributed by atoms with Crippen LogP contribution in [0.5, 0.6) is 0 Å². The van der Waals surface area contributed by atoms with E-state index in [2.05, 4.69) is 5.32 Å². The second kappa shape index (κ2) is 5.89. The number of carboxylic acids is 1. The molecule has 0 aromatic rings. The van der Waals surface area contributed by atoms with E-state index in [-0.39, 0.29) is 11.9 Å². The van der Waals surface area contributed by atoms with E-state index in [4.69, 9.17) is 5.11 Å². The third-order valence-electron chi connectivity index (χ3n) is 2.89. The maximum Gasteiger partial charge on any atom is 0.326 e. The summed E-state index contributed by atoms with van der Waals surface area (Å²) in [6.07, 6.45) is 1.79. The molecule has 1 fully saturated rings. The van der Waals surface area contributed by atoms with Crippen LogP contribution < -0.4 is 5.32 Å². The summed E-state index contributed by atoms with van der Waals surface area (Å²) in [7, 11) is 0. The summed E-state index contributed by atoms with van der Waals surface area (Å²) in [6.45, 7) is 7.21. The Morgan fingerprint density at radius 3 is 2.35 bits per heavy atom. The highest BCUT2D eigenvalue weighted by atomic mass is 16.4. The molecule has 1 saturated carbocycles. The first-order chi connectivity index (χ1) is 7.95. The van der Waals surface area contributed by atoms with Crippen molar-refractivity contribution in [2.45, 2.75) is 39.7 Å². The van der Waals surface area contributed by atoms with Crippen molar-refractivity contribution in [3.8, 4) is 0 Å². The molecule has 2 N–H and O–H groups in total. The molecule has 0 heterocycles. The number of carbonyl (C=O) groups is 2. The minimum Gasteiger partial charge on any atom is -0.480 e. The van der Waals surface area contributed by atoms with E-state index in [0.29, 0.717) is 19.0 Å². The first-order valence-electron chi connectivity index (χ1n) is 6.24. The van der Waals surface area contributed by atoms with Gasteiger partial charge in [-0.2, -0.15) is 0 Å². The molecule has 2 amide bonds. The van der Waals surface area contributed by atoms with Gasteiger partial charge >= 0.3 is 12.0 Å². The molecule has 0 saturated heterocycles. The van der Waals surface area contributed by atoms with Gasteiger partial charge in [0, 0.05) is 13.1 Å². The Hall–Kier alpha value is -1.26. The predicted molar refractivity (Wildman–Crippen MR) is 64.8 cm³/mol. The number of aliphatic carboxylic acids is 1.